The predicted octanol–water partition coefficient (Wildman–Crippen LogP) is 2.17. The van der Waals surface area contributed by atoms with Gasteiger partial charge in [-0.3, -0.25) is 0 Å². The molecule has 11 nitrogen and oxygen atoms in total. The number of sulfonamides is 1. The number of hydrogen-bond acceptors (Lipinski definition) is 9. The Bertz CT molecular complexity index is 1390. The van der Waals surface area contributed by atoms with Gasteiger partial charge in [-0.05, 0) is 42.5 Å². The van der Waals surface area contributed by atoms with Crippen molar-refractivity contribution >= 4 is 15.7 Å². The molecule has 0 bridgehead atoms. The van der Waals surface area contributed by atoms with Crippen LogP contribution >= 0.6 is 0 Å². The van der Waals surface area contributed by atoms with E-state index in [4.69, 9.17) is 18.9 Å². The van der Waals surface area contributed by atoms with Crippen molar-refractivity contribution in [2.45, 2.75) is 4.90 Å². The van der Waals surface area contributed by atoms with Crippen molar-refractivity contribution in [3.63, 3.8) is 0 Å². The van der Waals surface area contributed by atoms with Crippen molar-refractivity contribution in [1.29, 1.82) is 0 Å². The highest BCUT2D eigenvalue weighted by Gasteiger charge is 2.17. The third-order valence-electron chi connectivity index (χ3n) is 4.90. The topological polar surface area (TPSA) is 126 Å². The Balaban J connectivity index is 1.42. The fraction of sp³-hybridized carbons (Fsp3) is 0.227. The van der Waals surface area contributed by atoms with Gasteiger partial charge in [0.1, 0.15) is 12.4 Å². The number of nitrogens with zero attached hydrogens (tertiary/aromatic N) is 4. The molecule has 178 valence electrons. The maximum absolute atomic E-state index is 12.6. The first-order valence-corrected chi connectivity index (χ1v) is 11.6. The molecule has 0 fully saturated rings. The van der Waals surface area contributed by atoms with Crippen LogP contribution in [0.2, 0.25) is 0 Å². The molecule has 0 unspecified atom stereocenters. The van der Waals surface area contributed by atoms with Crippen LogP contribution in [0.15, 0.2) is 59.5 Å². The van der Waals surface area contributed by atoms with Gasteiger partial charge in [-0.1, -0.05) is 0 Å². The van der Waals surface area contributed by atoms with Crippen molar-refractivity contribution in [2.24, 2.45) is 0 Å². The highest BCUT2D eigenvalue weighted by Crippen LogP contribution is 2.29. The average Bonchev–Trinajstić information content (AvgIpc) is 3.29. The van der Waals surface area contributed by atoms with Crippen molar-refractivity contribution in [2.75, 3.05) is 34.5 Å². The molecule has 0 amide bonds. The van der Waals surface area contributed by atoms with Gasteiger partial charge in [0.15, 0.2) is 23.0 Å². The standard InChI is InChI=1S/C22H23N5O6S/c1-30-16-6-4-15(5-7-16)22-25-24-20-10-11-21(26-27(20)22)33-13-12-23-34(28,29)17-8-9-18(31-2)19(14-17)32-3/h4-11,14,23H,12-13H2,1-3H3. The van der Waals surface area contributed by atoms with E-state index in [1.165, 1.54) is 32.4 Å². The Morgan fingerprint density at radius 2 is 1.65 bits per heavy atom. The van der Waals surface area contributed by atoms with E-state index in [1.807, 2.05) is 24.3 Å². The normalized spacial score (nSPS) is 11.4. The van der Waals surface area contributed by atoms with Crippen LogP contribution in [0.5, 0.6) is 23.1 Å². The van der Waals surface area contributed by atoms with Gasteiger partial charge in [-0.25, -0.2) is 13.1 Å². The van der Waals surface area contributed by atoms with E-state index >= 15 is 0 Å². The van der Waals surface area contributed by atoms with Gasteiger partial charge in [0.05, 0.1) is 26.2 Å². The van der Waals surface area contributed by atoms with E-state index in [-0.39, 0.29) is 18.0 Å². The van der Waals surface area contributed by atoms with Crippen LogP contribution in [0.3, 0.4) is 0 Å². The van der Waals surface area contributed by atoms with Gasteiger partial charge in [0.25, 0.3) is 0 Å². The molecule has 2 aromatic heterocycles. The van der Waals surface area contributed by atoms with E-state index < -0.39 is 10.0 Å². The minimum absolute atomic E-state index is 0.0317. The second-order valence-electron chi connectivity index (χ2n) is 6.96. The molecule has 1 N–H and O–H groups in total. The van der Waals surface area contributed by atoms with Crippen molar-refractivity contribution in [3.8, 4) is 34.5 Å². The van der Waals surface area contributed by atoms with E-state index in [9.17, 15) is 8.42 Å². The van der Waals surface area contributed by atoms with Crippen LogP contribution in [-0.4, -0.2) is 62.7 Å². The second kappa shape index (κ2) is 9.93. The summed E-state index contributed by atoms with van der Waals surface area (Å²) in [5, 5.41) is 12.7. The third kappa shape index (κ3) is 4.87. The maximum Gasteiger partial charge on any atom is 0.240 e. The van der Waals surface area contributed by atoms with E-state index in [2.05, 4.69) is 20.0 Å². The molecular weight excluding hydrogens is 462 g/mol. The highest BCUT2D eigenvalue weighted by molar-refractivity contribution is 7.89. The van der Waals surface area contributed by atoms with Crippen LogP contribution in [0.4, 0.5) is 0 Å². The van der Waals surface area contributed by atoms with Gasteiger partial charge in [-0.2, -0.15) is 4.52 Å². The van der Waals surface area contributed by atoms with Crippen LogP contribution in [0, 0.1) is 0 Å². The summed E-state index contributed by atoms with van der Waals surface area (Å²) in [6, 6.07) is 15.1. The van der Waals surface area contributed by atoms with Crippen molar-refractivity contribution < 1.29 is 27.4 Å². The first-order valence-electron chi connectivity index (χ1n) is 10.2. The predicted molar refractivity (Wildman–Crippen MR) is 123 cm³/mol. The molecule has 0 atom stereocenters. The zero-order valence-corrected chi connectivity index (χ0v) is 19.6. The largest absolute Gasteiger partial charge is 0.497 e. The quantitative estimate of drug-likeness (QED) is 0.336. The molecule has 34 heavy (non-hydrogen) atoms. The SMILES string of the molecule is COc1ccc(-c2nnc3ccc(OCCNS(=O)(=O)c4ccc(OC)c(OC)c4)nn23)cc1. The third-order valence-corrected chi connectivity index (χ3v) is 6.35. The molecular formula is C22H23N5O6S. The summed E-state index contributed by atoms with van der Waals surface area (Å²) < 4.78 is 50.4. The number of ether oxygens (including phenoxy) is 4. The lowest BCUT2D eigenvalue weighted by molar-refractivity contribution is 0.306. The number of rotatable bonds is 10. The molecule has 12 heteroatoms. The fourth-order valence-corrected chi connectivity index (χ4v) is 4.20. The summed E-state index contributed by atoms with van der Waals surface area (Å²) in [6.45, 7) is 0.0922. The van der Waals surface area contributed by atoms with Crippen molar-refractivity contribution in [3.05, 3.63) is 54.6 Å². The zero-order chi connectivity index (χ0) is 24.1. The maximum atomic E-state index is 12.6. The number of benzene rings is 2. The Hall–Kier alpha value is -3.90. The highest BCUT2D eigenvalue weighted by atomic mass is 32.2. The molecule has 0 aliphatic heterocycles. The molecule has 0 radical (unpaired) electrons. The number of aromatic nitrogens is 4. The van der Waals surface area contributed by atoms with Gasteiger partial charge >= 0.3 is 0 Å². The summed E-state index contributed by atoms with van der Waals surface area (Å²) in [4.78, 5) is 0.0540. The molecule has 2 aromatic carbocycles. The number of nitrogens with one attached hydrogen (secondary N) is 1. The molecule has 4 rings (SSSR count). The van der Waals surface area contributed by atoms with Gasteiger partial charge in [0.2, 0.25) is 15.9 Å². The Labute approximate surface area is 196 Å². The molecule has 0 saturated heterocycles. The lowest BCUT2D eigenvalue weighted by atomic mass is 10.2. The van der Waals surface area contributed by atoms with Crippen LogP contribution < -0.4 is 23.7 Å². The zero-order valence-electron chi connectivity index (χ0n) is 18.8. The summed E-state index contributed by atoms with van der Waals surface area (Å²) >= 11 is 0. The van der Waals surface area contributed by atoms with E-state index in [1.54, 1.807) is 23.8 Å². The van der Waals surface area contributed by atoms with Gasteiger partial charge in [0, 0.05) is 24.2 Å². The minimum atomic E-state index is -3.77. The first kappa shape index (κ1) is 23.3. The van der Waals surface area contributed by atoms with Gasteiger partial charge in [-0.15, -0.1) is 15.3 Å². The number of hydrogen-bond donors (Lipinski definition) is 1. The second-order valence-corrected chi connectivity index (χ2v) is 8.72. The molecule has 4 aromatic rings. The monoisotopic (exact) mass is 485 g/mol. The molecule has 0 spiro atoms. The lowest BCUT2D eigenvalue weighted by Gasteiger charge is -2.11. The van der Waals surface area contributed by atoms with Crippen LogP contribution in [0.25, 0.3) is 17.0 Å². The molecule has 2 heterocycles. The molecule has 0 aliphatic rings. The smallest absolute Gasteiger partial charge is 0.240 e. The van der Waals surface area contributed by atoms with E-state index in [0.29, 0.717) is 28.9 Å². The van der Waals surface area contributed by atoms with Gasteiger partial charge < -0.3 is 18.9 Å². The summed E-state index contributed by atoms with van der Waals surface area (Å²) in [5.41, 5.74) is 1.35. The number of fused-ring (bicyclic) bond motifs is 1. The summed E-state index contributed by atoms with van der Waals surface area (Å²) in [7, 11) is 0.749. The lowest BCUT2D eigenvalue weighted by Crippen LogP contribution is -2.28. The molecule has 0 saturated carbocycles. The van der Waals surface area contributed by atoms with Crippen LogP contribution in [0.1, 0.15) is 0 Å². The summed E-state index contributed by atoms with van der Waals surface area (Å²) in [5.74, 6) is 2.32. The van der Waals surface area contributed by atoms with E-state index in [0.717, 1.165) is 11.3 Å². The summed E-state index contributed by atoms with van der Waals surface area (Å²) in [6.07, 6.45) is 0. The first-order chi connectivity index (χ1) is 16.4. The fourth-order valence-electron chi connectivity index (χ4n) is 3.17. The van der Waals surface area contributed by atoms with Crippen LogP contribution in [-0.2, 0) is 10.0 Å². The minimum Gasteiger partial charge on any atom is -0.497 e. The Morgan fingerprint density at radius 3 is 2.35 bits per heavy atom. The van der Waals surface area contributed by atoms with Crippen molar-refractivity contribution in [1.82, 2.24) is 24.5 Å². The Morgan fingerprint density at radius 1 is 0.882 bits per heavy atom. The average molecular weight is 486 g/mol. The molecule has 0 aliphatic carbocycles. The number of methoxy groups -OCH3 is 3. The Kier molecular flexibility index (Phi) is 6.80.